The van der Waals surface area contributed by atoms with Crippen LogP contribution >= 0.6 is 0 Å². The van der Waals surface area contributed by atoms with Gasteiger partial charge in [0.05, 0.1) is 0 Å². The van der Waals surface area contributed by atoms with E-state index in [4.69, 9.17) is 0 Å². The quantitative estimate of drug-likeness (QED) is 0.493. The Bertz CT molecular complexity index is 130. The van der Waals surface area contributed by atoms with Gasteiger partial charge in [-0.15, -0.1) is 0 Å². The molecule has 1 rings (SSSR count). The van der Waals surface area contributed by atoms with Crippen molar-refractivity contribution in [3.8, 4) is 0 Å². The predicted octanol–water partition coefficient (Wildman–Crippen LogP) is -3.32. The van der Waals surface area contributed by atoms with E-state index in [2.05, 4.69) is 25.2 Å². The third kappa shape index (κ3) is 7.31. The largest absolute Gasteiger partial charge is 2.00 e. The van der Waals surface area contributed by atoms with E-state index in [1.807, 2.05) is 0 Å². The molecule has 0 aromatic carbocycles. The summed E-state index contributed by atoms with van der Waals surface area (Å²) in [4.78, 5) is 0. The van der Waals surface area contributed by atoms with Crippen LogP contribution in [0.4, 0.5) is 0 Å². The first-order chi connectivity index (χ1) is 3.93. The summed E-state index contributed by atoms with van der Waals surface area (Å²) in [6, 6.07) is 0. The van der Waals surface area contributed by atoms with Gasteiger partial charge in [-0.2, -0.15) is 0 Å². The van der Waals surface area contributed by atoms with E-state index in [1.165, 1.54) is 19.3 Å². The molecule has 0 fully saturated rings. The summed E-state index contributed by atoms with van der Waals surface area (Å²) < 4.78 is 0. The van der Waals surface area contributed by atoms with Crippen molar-refractivity contribution in [3.05, 3.63) is 23.8 Å². The number of hydrogen-bond acceptors (Lipinski definition) is 0. The summed E-state index contributed by atoms with van der Waals surface area (Å²) >= 11 is 0. The summed E-state index contributed by atoms with van der Waals surface area (Å²) in [5.74, 6) is 0. The minimum absolute atomic E-state index is 0. The molecule has 0 bridgehead atoms. The van der Waals surface area contributed by atoms with Gasteiger partial charge < -0.3 is 24.8 Å². The Labute approximate surface area is 100 Å². The zero-order valence-corrected chi connectivity index (χ0v) is 10.6. The fourth-order valence-electron chi connectivity index (χ4n) is 0.998. The van der Waals surface area contributed by atoms with Gasteiger partial charge in [0.15, 0.2) is 0 Å². The molecule has 0 saturated carbocycles. The van der Waals surface area contributed by atoms with Crippen molar-refractivity contribution in [1.29, 1.82) is 0 Å². The maximum atomic E-state index is 2.23. The number of rotatable bonds is 2. The molecule has 1 aliphatic rings. The predicted molar refractivity (Wildman–Crippen MR) is 36.7 cm³/mol. The first kappa shape index (κ1) is 17.9. The monoisotopic (exact) mass is 268 g/mol. The van der Waals surface area contributed by atoms with Gasteiger partial charge in [-0.25, -0.2) is 0 Å². The Kier molecular flexibility index (Phi) is 17.8. The van der Waals surface area contributed by atoms with Crippen molar-refractivity contribution in [2.45, 2.75) is 26.2 Å². The average Bonchev–Trinajstić information content (AvgIpc) is 2.19. The number of hydrogen-bond donors (Lipinski definition) is 0. The standard InChI is InChI=1S/C8H12.2ClH.Zr/c1-2-5-8-6-3-4-7-8;;;/h3-4,6H,2,5,7H2,1H3;2*1H;/q;;;+2/p-2. The fraction of sp³-hybridized carbons (Fsp3) is 0.500. The van der Waals surface area contributed by atoms with E-state index in [9.17, 15) is 0 Å². The van der Waals surface area contributed by atoms with Crippen LogP contribution in [0.25, 0.3) is 0 Å². The second-order valence-electron chi connectivity index (χ2n) is 2.21. The molecular weight excluding hydrogens is 258 g/mol. The van der Waals surface area contributed by atoms with Crippen LogP contribution < -0.4 is 24.8 Å². The summed E-state index contributed by atoms with van der Waals surface area (Å²) in [5.41, 5.74) is 1.59. The van der Waals surface area contributed by atoms with Crippen molar-refractivity contribution in [3.63, 3.8) is 0 Å². The molecule has 0 radical (unpaired) electrons. The third-order valence-corrected chi connectivity index (χ3v) is 1.42. The van der Waals surface area contributed by atoms with Gasteiger partial charge in [-0.05, 0) is 12.8 Å². The van der Waals surface area contributed by atoms with Crippen LogP contribution in [0.15, 0.2) is 23.8 Å². The Morgan fingerprint density at radius 3 is 2.36 bits per heavy atom. The van der Waals surface area contributed by atoms with Gasteiger partial charge in [-0.3, -0.25) is 0 Å². The maximum Gasteiger partial charge on any atom is 2.00 e. The minimum Gasteiger partial charge on any atom is -1.00 e. The van der Waals surface area contributed by atoms with Gasteiger partial charge >= 0.3 is 26.2 Å². The van der Waals surface area contributed by atoms with Crippen LogP contribution in [0.2, 0.25) is 0 Å². The maximum absolute atomic E-state index is 2.23. The molecule has 0 aromatic heterocycles. The Morgan fingerprint density at radius 2 is 2.00 bits per heavy atom. The van der Waals surface area contributed by atoms with Crippen LogP contribution in [0, 0.1) is 0 Å². The third-order valence-electron chi connectivity index (χ3n) is 1.42. The molecule has 1 aliphatic carbocycles. The zero-order chi connectivity index (χ0) is 5.82. The summed E-state index contributed by atoms with van der Waals surface area (Å²) in [6.07, 6.45) is 10.4. The van der Waals surface area contributed by atoms with Gasteiger partial charge in [-0.1, -0.05) is 37.1 Å². The fourth-order valence-corrected chi connectivity index (χ4v) is 0.998. The molecule has 62 valence electrons. The first-order valence-corrected chi connectivity index (χ1v) is 3.28. The van der Waals surface area contributed by atoms with Crippen LogP contribution in [0.3, 0.4) is 0 Å². The molecule has 0 heterocycles. The zero-order valence-electron chi connectivity index (χ0n) is 6.61. The molecule has 0 N–H and O–H groups in total. The summed E-state index contributed by atoms with van der Waals surface area (Å²) in [7, 11) is 0. The molecular formula is C8H12Cl2Zr. The van der Waals surface area contributed by atoms with Gasteiger partial charge in [0.25, 0.3) is 0 Å². The summed E-state index contributed by atoms with van der Waals surface area (Å²) in [5, 5.41) is 0. The van der Waals surface area contributed by atoms with Gasteiger partial charge in [0.2, 0.25) is 0 Å². The second-order valence-corrected chi connectivity index (χ2v) is 2.21. The topological polar surface area (TPSA) is 0 Å². The minimum atomic E-state index is 0. The second kappa shape index (κ2) is 10.9. The number of halogens is 2. The van der Waals surface area contributed by atoms with E-state index in [-0.39, 0.29) is 51.0 Å². The van der Waals surface area contributed by atoms with Gasteiger partial charge in [0, 0.05) is 0 Å². The number of allylic oxidation sites excluding steroid dienone is 4. The SMILES string of the molecule is CCCC1=CC=CC1.[Cl-].[Cl-].[Zr+2]. The van der Waals surface area contributed by atoms with Crippen LogP contribution in [-0.2, 0) is 26.2 Å². The van der Waals surface area contributed by atoms with Crippen molar-refractivity contribution < 1.29 is 51.0 Å². The Balaban J connectivity index is -0.000000213. The van der Waals surface area contributed by atoms with Crippen LogP contribution in [0.5, 0.6) is 0 Å². The van der Waals surface area contributed by atoms with E-state index >= 15 is 0 Å². The molecule has 0 aromatic rings. The molecule has 3 heteroatoms. The molecule has 0 nitrogen and oxygen atoms in total. The smallest absolute Gasteiger partial charge is 1.00 e. The van der Waals surface area contributed by atoms with Crippen molar-refractivity contribution in [2.24, 2.45) is 0 Å². The van der Waals surface area contributed by atoms with Crippen LogP contribution in [0.1, 0.15) is 26.2 Å². The van der Waals surface area contributed by atoms with Gasteiger partial charge in [0.1, 0.15) is 0 Å². The molecule has 0 saturated heterocycles. The molecule has 11 heavy (non-hydrogen) atoms. The van der Waals surface area contributed by atoms with E-state index in [0.29, 0.717) is 0 Å². The van der Waals surface area contributed by atoms with E-state index < -0.39 is 0 Å². The first-order valence-electron chi connectivity index (χ1n) is 3.28. The Hall–Kier alpha value is 0.943. The van der Waals surface area contributed by atoms with Crippen molar-refractivity contribution >= 4 is 0 Å². The van der Waals surface area contributed by atoms with E-state index in [1.54, 1.807) is 5.57 Å². The van der Waals surface area contributed by atoms with Crippen molar-refractivity contribution in [2.75, 3.05) is 0 Å². The molecule has 0 spiro atoms. The molecule has 0 amide bonds. The molecule has 0 atom stereocenters. The normalized spacial score (nSPS) is 12.3. The Morgan fingerprint density at radius 1 is 1.36 bits per heavy atom. The average molecular weight is 270 g/mol. The van der Waals surface area contributed by atoms with Crippen LogP contribution in [-0.4, -0.2) is 0 Å². The molecule has 0 unspecified atom stereocenters. The van der Waals surface area contributed by atoms with Crippen molar-refractivity contribution in [1.82, 2.24) is 0 Å². The van der Waals surface area contributed by atoms with E-state index in [0.717, 1.165) is 0 Å². The molecule has 0 aliphatic heterocycles. The summed E-state index contributed by atoms with van der Waals surface area (Å²) in [6.45, 7) is 2.22.